The van der Waals surface area contributed by atoms with E-state index >= 15 is 0 Å². The number of phenols is 1. The summed E-state index contributed by atoms with van der Waals surface area (Å²) in [5.74, 6) is -0.109. The Morgan fingerprint density at radius 1 is 1.17 bits per heavy atom. The number of anilines is 1. The molecule has 94 valence electrons. The lowest BCUT2D eigenvalue weighted by atomic mass is 10.2. The van der Waals surface area contributed by atoms with Crippen LogP contribution in [0.2, 0.25) is 0 Å². The van der Waals surface area contributed by atoms with Crippen molar-refractivity contribution in [3.05, 3.63) is 48.2 Å². The number of rotatable bonds is 3. The minimum atomic E-state index is -3.57. The third-order valence-electron chi connectivity index (χ3n) is 2.39. The van der Waals surface area contributed by atoms with E-state index in [4.69, 9.17) is 10.8 Å². The van der Waals surface area contributed by atoms with Gasteiger partial charge < -0.3 is 10.8 Å². The fourth-order valence-corrected chi connectivity index (χ4v) is 2.96. The van der Waals surface area contributed by atoms with E-state index in [1.807, 2.05) is 0 Å². The molecule has 0 aliphatic carbocycles. The molecule has 0 fully saturated rings. The molecule has 3 N–H and O–H groups in total. The minimum Gasteiger partial charge on any atom is -0.508 e. The number of nitrogen functional groups attached to an aromatic ring is 1. The van der Waals surface area contributed by atoms with E-state index in [9.17, 15) is 8.42 Å². The molecule has 2 rings (SSSR count). The molecule has 0 saturated carbocycles. The van der Waals surface area contributed by atoms with E-state index in [1.165, 1.54) is 24.4 Å². The summed E-state index contributed by atoms with van der Waals surface area (Å²) in [6.45, 7) is 0. The molecule has 0 bridgehead atoms. The van der Waals surface area contributed by atoms with Crippen LogP contribution in [0.5, 0.6) is 5.75 Å². The summed E-state index contributed by atoms with van der Waals surface area (Å²) in [5, 5.41) is 9.02. The molecule has 6 heteroatoms. The average Bonchev–Trinajstić information content (AvgIpc) is 2.32. The largest absolute Gasteiger partial charge is 0.508 e. The lowest BCUT2D eigenvalue weighted by Gasteiger charge is -2.06. The maximum absolute atomic E-state index is 12.1. The lowest BCUT2D eigenvalue weighted by molar-refractivity contribution is 0.475. The third kappa shape index (κ3) is 2.60. The molecule has 1 aromatic heterocycles. The molecule has 0 radical (unpaired) electrons. The molecule has 0 aliphatic heterocycles. The summed E-state index contributed by atoms with van der Waals surface area (Å²) in [6, 6.07) is 9.04. The Morgan fingerprint density at radius 2 is 1.83 bits per heavy atom. The second-order valence-corrected chi connectivity index (χ2v) is 5.73. The van der Waals surface area contributed by atoms with Gasteiger partial charge in [0, 0.05) is 6.20 Å². The topological polar surface area (TPSA) is 93.3 Å². The average molecular weight is 264 g/mol. The number of nitrogens with zero attached hydrogens (tertiary/aromatic N) is 1. The molecule has 0 aliphatic rings. The Labute approximate surface area is 105 Å². The first-order valence-corrected chi connectivity index (χ1v) is 6.85. The van der Waals surface area contributed by atoms with Crippen LogP contribution in [0.15, 0.2) is 47.6 Å². The number of sulfone groups is 1. The molecule has 0 atom stereocenters. The van der Waals surface area contributed by atoms with Gasteiger partial charge in [0.2, 0.25) is 9.84 Å². The zero-order valence-corrected chi connectivity index (χ0v) is 10.3. The Morgan fingerprint density at radius 3 is 2.44 bits per heavy atom. The van der Waals surface area contributed by atoms with Crippen LogP contribution in [0.1, 0.15) is 5.56 Å². The lowest BCUT2D eigenvalue weighted by Crippen LogP contribution is -2.09. The number of phenolic OH excluding ortho intramolecular Hbond substituents is 1. The quantitative estimate of drug-likeness (QED) is 0.872. The van der Waals surface area contributed by atoms with Gasteiger partial charge in [0.15, 0.2) is 5.03 Å². The molecule has 0 spiro atoms. The van der Waals surface area contributed by atoms with Gasteiger partial charge in [0.1, 0.15) is 5.75 Å². The first-order chi connectivity index (χ1) is 8.49. The Bertz CT molecular complexity index is 651. The van der Waals surface area contributed by atoms with E-state index in [1.54, 1.807) is 18.2 Å². The van der Waals surface area contributed by atoms with Gasteiger partial charge >= 0.3 is 0 Å². The molecule has 5 nitrogen and oxygen atoms in total. The standard InChI is InChI=1S/C12H12N2O3S/c13-11-2-1-7-14-12(11)18(16,17)8-9-3-5-10(15)6-4-9/h1-7,15H,8,13H2. The van der Waals surface area contributed by atoms with E-state index in [0.29, 0.717) is 5.56 Å². The van der Waals surface area contributed by atoms with Crippen LogP contribution in [-0.4, -0.2) is 18.5 Å². The molecule has 18 heavy (non-hydrogen) atoms. The summed E-state index contributed by atoms with van der Waals surface area (Å²) in [7, 11) is -3.57. The molecular weight excluding hydrogens is 252 g/mol. The number of hydrogen-bond donors (Lipinski definition) is 2. The van der Waals surface area contributed by atoms with Gasteiger partial charge in [-0.15, -0.1) is 0 Å². The van der Waals surface area contributed by atoms with E-state index < -0.39 is 9.84 Å². The number of hydrogen-bond acceptors (Lipinski definition) is 5. The third-order valence-corrected chi connectivity index (χ3v) is 4.03. The predicted octanol–water partition coefficient (Wildman–Crippen LogP) is 1.34. The number of benzene rings is 1. The van der Waals surface area contributed by atoms with Gasteiger partial charge in [-0.1, -0.05) is 12.1 Å². The summed E-state index contributed by atoms with van der Waals surface area (Å²) in [6.07, 6.45) is 1.39. The van der Waals surface area contributed by atoms with Gasteiger partial charge in [-0.2, -0.15) is 0 Å². The second kappa shape index (κ2) is 4.66. The van der Waals surface area contributed by atoms with E-state index in [2.05, 4.69) is 4.98 Å². The first-order valence-electron chi connectivity index (χ1n) is 5.20. The van der Waals surface area contributed by atoms with Crippen LogP contribution in [-0.2, 0) is 15.6 Å². The van der Waals surface area contributed by atoms with Crippen molar-refractivity contribution < 1.29 is 13.5 Å². The van der Waals surface area contributed by atoms with E-state index in [0.717, 1.165) is 0 Å². The molecule has 1 heterocycles. The Balaban J connectivity index is 2.33. The zero-order chi connectivity index (χ0) is 13.2. The van der Waals surface area contributed by atoms with Crippen molar-refractivity contribution in [1.82, 2.24) is 4.98 Å². The smallest absolute Gasteiger partial charge is 0.201 e. The van der Waals surface area contributed by atoms with Crippen molar-refractivity contribution in [2.45, 2.75) is 10.8 Å². The summed E-state index contributed by atoms with van der Waals surface area (Å²) >= 11 is 0. The summed E-state index contributed by atoms with van der Waals surface area (Å²) in [5.41, 5.74) is 6.31. The van der Waals surface area contributed by atoms with Crippen molar-refractivity contribution in [1.29, 1.82) is 0 Å². The van der Waals surface area contributed by atoms with Crippen molar-refractivity contribution in [3.63, 3.8) is 0 Å². The first kappa shape index (κ1) is 12.4. The molecule has 2 aromatic rings. The van der Waals surface area contributed by atoms with Crippen LogP contribution in [0.4, 0.5) is 5.69 Å². The molecule has 1 aromatic carbocycles. The normalized spacial score (nSPS) is 11.3. The molecular formula is C12H12N2O3S. The molecule has 0 saturated heterocycles. The van der Waals surface area contributed by atoms with Crippen molar-refractivity contribution in [3.8, 4) is 5.75 Å². The van der Waals surface area contributed by atoms with Crippen LogP contribution < -0.4 is 5.73 Å². The maximum Gasteiger partial charge on any atom is 0.201 e. The summed E-state index contributed by atoms with van der Waals surface area (Å²) < 4.78 is 24.2. The van der Waals surface area contributed by atoms with Crippen LogP contribution >= 0.6 is 0 Å². The van der Waals surface area contributed by atoms with E-state index in [-0.39, 0.29) is 22.2 Å². The number of aromatic hydroxyl groups is 1. The van der Waals surface area contributed by atoms with Crippen molar-refractivity contribution in [2.75, 3.05) is 5.73 Å². The van der Waals surface area contributed by atoms with Gasteiger partial charge in [-0.3, -0.25) is 0 Å². The highest BCUT2D eigenvalue weighted by atomic mass is 32.2. The zero-order valence-electron chi connectivity index (χ0n) is 9.45. The fourth-order valence-electron chi connectivity index (χ4n) is 1.54. The second-order valence-electron chi connectivity index (χ2n) is 3.82. The van der Waals surface area contributed by atoms with Gasteiger partial charge in [-0.05, 0) is 29.8 Å². The fraction of sp³-hybridized carbons (Fsp3) is 0.0833. The van der Waals surface area contributed by atoms with Crippen LogP contribution in [0, 0.1) is 0 Å². The highest BCUT2D eigenvalue weighted by Crippen LogP contribution is 2.20. The van der Waals surface area contributed by atoms with Crippen molar-refractivity contribution in [2.24, 2.45) is 0 Å². The number of aromatic nitrogens is 1. The Kier molecular flexibility index (Phi) is 3.20. The SMILES string of the molecule is Nc1cccnc1S(=O)(=O)Cc1ccc(O)cc1. The van der Waals surface area contributed by atoms with Crippen LogP contribution in [0.25, 0.3) is 0 Å². The van der Waals surface area contributed by atoms with Gasteiger partial charge in [0.25, 0.3) is 0 Å². The van der Waals surface area contributed by atoms with Gasteiger partial charge in [-0.25, -0.2) is 13.4 Å². The summed E-state index contributed by atoms with van der Waals surface area (Å²) in [4.78, 5) is 3.80. The molecule has 0 amide bonds. The Hall–Kier alpha value is -2.08. The number of pyridine rings is 1. The monoisotopic (exact) mass is 264 g/mol. The van der Waals surface area contributed by atoms with Gasteiger partial charge in [0.05, 0.1) is 11.4 Å². The maximum atomic E-state index is 12.1. The number of nitrogens with two attached hydrogens (primary N) is 1. The van der Waals surface area contributed by atoms with Crippen LogP contribution in [0.3, 0.4) is 0 Å². The molecule has 0 unspecified atom stereocenters. The van der Waals surface area contributed by atoms with Crippen molar-refractivity contribution >= 4 is 15.5 Å². The predicted molar refractivity (Wildman–Crippen MR) is 67.6 cm³/mol. The highest BCUT2D eigenvalue weighted by molar-refractivity contribution is 7.90. The minimum absolute atomic E-state index is 0.0912. The highest BCUT2D eigenvalue weighted by Gasteiger charge is 2.19.